The second-order valence-corrected chi connectivity index (χ2v) is 6.99. The minimum Gasteiger partial charge on any atom is -0.497 e. The predicted octanol–water partition coefficient (Wildman–Crippen LogP) is 2.82. The molecule has 1 aliphatic rings. The summed E-state index contributed by atoms with van der Waals surface area (Å²) in [5, 5.41) is 0. The van der Waals surface area contributed by atoms with Gasteiger partial charge >= 0.3 is 0 Å². The molecule has 0 saturated carbocycles. The standard InChI is InChI=1S/C22H24N4O3/c1-25-21(27)15-19(16-6-9-23-10-7-16)24-22(25)26-11-8-20(29-13-12-26)17-4-3-5-18(14-17)28-2/h3-7,9-10,14-15,20H,8,11-13H2,1-2H3. The number of rotatable bonds is 4. The largest absolute Gasteiger partial charge is 0.497 e. The van der Waals surface area contributed by atoms with Gasteiger partial charge in [-0.15, -0.1) is 0 Å². The smallest absolute Gasteiger partial charge is 0.255 e. The predicted molar refractivity (Wildman–Crippen MR) is 111 cm³/mol. The van der Waals surface area contributed by atoms with Crippen LogP contribution >= 0.6 is 0 Å². The van der Waals surface area contributed by atoms with E-state index in [1.54, 1.807) is 37.2 Å². The van der Waals surface area contributed by atoms with Crippen LogP contribution in [0.4, 0.5) is 5.95 Å². The summed E-state index contributed by atoms with van der Waals surface area (Å²) < 4.78 is 13.0. The number of hydrogen-bond donors (Lipinski definition) is 0. The molecule has 1 aliphatic heterocycles. The van der Waals surface area contributed by atoms with Crippen LogP contribution in [0.25, 0.3) is 11.3 Å². The summed E-state index contributed by atoms with van der Waals surface area (Å²) >= 11 is 0. The first kappa shape index (κ1) is 19.1. The van der Waals surface area contributed by atoms with Gasteiger partial charge in [-0.1, -0.05) is 12.1 Å². The van der Waals surface area contributed by atoms with Crippen molar-refractivity contribution in [1.82, 2.24) is 14.5 Å². The molecule has 0 amide bonds. The average Bonchev–Trinajstić information content (AvgIpc) is 3.02. The van der Waals surface area contributed by atoms with E-state index in [0.29, 0.717) is 24.8 Å². The molecular weight excluding hydrogens is 368 g/mol. The van der Waals surface area contributed by atoms with E-state index in [2.05, 4.69) is 16.0 Å². The van der Waals surface area contributed by atoms with E-state index in [9.17, 15) is 4.79 Å². The molecule has 0 radical (unpaired) electrons. The minimum atomic E-state index is -0.0867. The Hall–Kier alpha value is -3.19. The van der Waals surface area contributed by atoms with Crippen molar-refractivity contribution in [1.29, 1.82) is 0 Å². The summed E-state index contributed by atoms with van der Waals surface area (Å²) in [4.78, 5) is 23.5. The normalized spacial score (nSPS) is 17.0. The van der Waals surface area contributed by atoms with Crippen LogP contribution in [0.5, 0.6) is 5.75 Å². The Kier molecular flexibility index (Phi) is 5.57. The Morgan fingerprint density at radius 2 is 1.97 bits per heavy atom. The van der Waals surface area contributed by atoms with Gasteiger partial charge in [-0.3, -0.25) is 14.3 Å². The molecule has 1 fully saturated rings. The van der Waals surface area contributed by atoms with Crippen LogP contribution in [0.2, 0.25) is 0 Å². The molecule has 0 N–H and O–H groups in total. The van der Waals surface area contributed by atoms with Crippen molar-refractivity contribution in [2.45, 2.75) is 12.5 Å². The number of benzene rings is 1. The maximum atomic E-state index is 12.6. The molecule has 150 valence electrons. The molecule has 29 heavy (non-hydrogen) atoms. The summed E-state index contributed by atoms with van der Waals surface area (Å²) in [6.45, 7) is 1.96. The third-order valence-corrected chi connectivity index (χ3v) is 5.18. The van der Waals surface area contributed by atoms with E-state index in [4.69, 9.17) is 14.5 Å². The van der Waals surface area contributed by atoms with Gasteiger partial charge in [0.15, 0.2) is 0 Å². The lowest BCUT2D eigenvalue weighted by atomic mass is 10.1. The number of pyridine rings is 1. The number of methoxy groups -OCH3 is 1. The van der Waals surface area contributed by atoms with E-state index in [-0.39, 0.29) is 11.7 Å². The lowest BCUT2D eigenvalue weighted by molar-refractivity contribution is 0.0646. The molecule has 3 aromatic rings. The lowest BCUT2D eigenvalue weighted by Crippen LogP contribution is -2.33. The fourth-order valence-corrected chi connectivity index (χ4v) is 3.56. The second kappa shape index (κ2) is 8.45. The molecule has 0 spiro atoms. The van der Waals surface area contributed by atoms with Gasteiger partial charge < -0.3 is 14.4 Å². The van der Waals surface area contributed by atoms with Gasteiger partial charge in [0.25, 0.3) is 5.56 Å². The van der Waals surface area contributed by atoms with Gasteiger partial charge in [-0.25, -0.2) is 4.98 Å². The maximum Gasteiger partial charge on any atom is 0.255 e. The van der Waals surface area contributed by atoms with Crippen molar-refractivity contribution in [3.05, 3.63) is 70.8 Å². The SMILES string of the molecule is COc1cccc(C2CCN(c3nc(-c4ccncc4)cc(=O)n3C)CCO2)c1. The topological polar surface area (TPSA) is 69.5 Å². The Morgan fingerprint density at radius 1 is 1.14 bits per heavy atom. The average molecular weight is 392 g/mol. The van der Waals surface area contributed by atoms with Crippen LogP contribution in [0.1, 0.15) is 18.1 Å². The van der Waals surface area contributed by atoms with Crippen molar-refractivity contribution in [3.8, 4) is 17.0 Å². The van der Waals surface area contributed by atoms with Crippen molar-refractivity contribution in [3.63, 3.8) is 0 Å². The van der Waals surface area contributed by atoms with Gasteiger partial charge in [0.05, 0.1) is 25.5 Å². The highest BCUT2D eigenvalue weighted by Crippen LogP contribution is 2.28. The summed E-state index contributed by atoms with van der Waals surface area (Å²) in [6.07, 6.45) is 4.18. The van der Waals surface area contributed by atoms with E-state index in [0.717, 1.165) is 29.8 Å². The zero-order valence-corrected chi connectivity index (χ0v) is 16.6. The van der Waals surface area contributed by atoms with Crippen molar-refractivity contribution >= 4 is 5.95 Å². The van der Waals surface area contributed by atoms with E-state index >= 15 is 0 Å². The van der Waals surface area contributed by atoms with Gasteiger partial charge in [-0.05, 0) is 36.2 Å². The second-order valence-electron chi connectivity index (χ2n) is 6.99. The molecule has 4 rings (SSSR count). The Balaban J connectivity index is 1.59. The third-order valence-electron chi connectivity index (χ3n) is 5.18. The van der Waals surface area contributed by atoms with Crippen LogP contribution < -0.4 is 15.2 Å². The van der Waals surface area contributed by atoms with Crippen molar-refractivity contribution in [2.75, 3.05) is 31.7 Å². The van der Waals surface area contributed by atoms with E-state index in [1.165, 1.54) is 0 Å². The molecule has 1 saturated heterocycles. The van der Waals surface area contributed by atoms with Gasteiger partial charge in [0.1, 0.15) is 5.75 Å². The number of ether oxygens (including phenoxy) is 2. The summed E-state index contributed by atoms with van der Waals surface area (Å²) in [5.74, 6) is 1.47. The molecule has 7 heteroatoms. The van der Waals surface area contributed by atoms with E-state index < -0.39 is 0 Å². The number of nitrogens with zero attached hydrogens (tertiary/aromatic N) is 4. The zero-order chi connectivity index (χ0) is 20.2. The van der Waals surface area contributed by atoms with Crippen LogP contribution in [0.3, 0.4) is 0 Å². The fourth-order valence-electron chi connectivity index (χ4n) is 3.56. The minimum absolute atomic E-state index is 0.0180. The molecule has 0 aliphatic carbocycles. The van der Waals surface area contributed by atoms with Crippen LogP contribution in [0, 0.1) is 0 Å². The van der Waals surface area contributed by atoms with Gasteiger partial charge in [0, 0.05) is 44.2 Å². The van der Waals surface area contributed by atoms with Gasteiger partial charge in [-0.2, -0.15) is 0 Å². The lowest BCUT2D eigenvalue weighted by Gasteiger charge is -2.23. The van der Waals surface area contributed by atoms with Gasteiger partial charge in [0.2, 0.25) is 5.95 Å². The Bertz CT molecular complexity index is 1040. The third kappa shape index (κ3) is 4.14. The molecule has 2 aromatic heterocycles. The van der Waals surface area contributed by atoms with Crippen LogP contribution in [-0.4, -0.2) is 41.3 Å². The first-order valence-corrected chi connectivity index (χ1v) is 9.64. The van der Waals surface area contributed by atoms with Crippen LogP contribution in [0.15, 0.2) is 59.7 Å². The molecule has 1 aromatic carbocycles. The highest BCUT2D eigenvalue weighted by Gasteiger charge is 2.22. The maximum absolute atomic E-state index is 12.6. The highest BCUT2D eigenvalue weighted by atomic mass is 16.5. The first-order valence-electron chi connectivity index (χ1n) is 9.64. The highest BCUT2D eigenvalue weighted by molar-refractivity contribution is 5.59. The van der Waals surface area contributed by atoms with E-state index in [1.807, 2.05) is 30.3 Å². The molecule has 0 bridgehead atoms. The number of hydrogen-bond acceptors (Lipinski definition) is 6. The number of aromatic nitrogens is 3. The molecule has 1 atom stereocenters. The first-order chi connectivity index (χ1) is 14.2. The Morgan fingerprint density at radius 3 is 2.76 bits per heavy atom. The molecule has 3 heterocycles. The summed E-state index contributed by atoms with van der Waals surface area (Å²) in [7, 11) is 3.42. The molecular formula is C22H24N4O3. The zero-order valence-electron chi connectivity index (χ0n) is 16.6. The quantitative estimate of drug-likeness (QED) is 0.680. The molecule has 7 nitrogen and oxygen atoms in total. The molecule has 1 unspecified atom stereocenters. The van der Waals surface area contributed by atoms with Crippen LogP contribution in [-0.2, 0) is 11.8 Å². The summed E-state index contributed by atoms with van der Waals surface area (Å²) in [5.41, 5.74) is 2.54. The summed E-state index contributed by atoms with van der Waals surface area (Å²) in [6, 6.07) is 13.2. The monoisotopic (exact) mass is 392 g/mol. The Labute approximate surface area is 169 Å². The van der Waals surface area contributed by atoms with Crippen molar-refractivity contribution in [2.24, 2.45) is 7.05 Å². The fraction of sp³-hybridized carbons (Fsp3) is 0.318. The number of anilines is 1. The van der Waals surface area contributed by atoms with Crippen molar-refractivity contribution < 1.29 is 9.47 Å².